The van der Waals surface area contributed by atoms with Gasteiger partial charge in [-0.25, -0.2) is 18.9 Å². The van der Waals surface area contributed by atoms with Gasteiger partial charge in [-0.3, -0.25) is 9.69 Å². The molecule has 1 saturated heterocycles. The van der Waals surface area contributed by atoms with E-state index in [1.54, 1.807) is 22.8 Å². The Morgan fingerprint density at radius 2 is 1.67 bits per heavy atom. The molecule has 3 aromatic heterocycles. The Morgan fingerprint density at radius 1 is 0.949 bits per heavy atom. The largest absolute Gasteiger partial charge is 0.330 e. The summed E-state index contributed by atoms with van der Waals surface area (Å²) in [5.74, 6) is 0.941. The summed E-state index contributed by atoms with van der Waals surface area (Å²) in [5.41, 5.74) is 6.45. The number of carbonyl (C=O) groups excluding carboxylic acids is 1. The number of carbonyl (C=O) groups is 1. The molecule has 1 aliphatic heterocycles. The number of amides is 1. The van der Waals surface area contributed by atoms with Gasteiger partial charge in [0.05, 0.1) is 17.6 Å². The molecule has 1 aliphatic rings. The Labute approximate surface area is 227 Å². The average Bonchev–Trinajstić information content (AvgIpc) is 3.66. The zero-order valence-corrected chi connectivity index (χ0v) is 22.4. The van der Waals surface area contributed by atoms with Crippen LogP contribution >= 0.6 is 0 Å². The second kappa shape index (κ2) is 11.6. The van der Waals surface area contributed by atoms with Gasteiger partial charge in [0, 0.05) is 19.2 Å². The smallest absolute Gasteiger partial charge is 0.212 e. The van der Waals surface area contributed by atoms with Crippen molar-refractivity contribution in [3.8, 4) is 22.6 Å². The summed E-state index contributed by atoms with van der Waals surface area (Å²) < 4.78 is 16.8. The lowest BCUT2D eigenvalue weighted by Gasteiger charge is -2.14. The first-order chi connectivity index (χ1) is 18.9. The summed E-state index contributed by atoms with van der Waals surface area (Å²) in [6.45, 7) is 7.75. The highest BCUT2D eigenvalue weighted by molar-refractivity contribution is 5.77. The number of aromatic nitrogens is 5. The number of rotatable bonds is 6. The molecule has 1 N–H and O–H groups in total. The zero-order chi connectivity index (χ0) is 27.4. The van der Waals surface area contributed by atoms with Gasteiger partial charge >= 0.3 is 0 Å². The van der Waals surface area contributed by atoms with E-state index in [4.69, 9.17) is 0 Å². The van der Waals surface area contributed by atoms with Crippen LogP contribution in [-0.2, 0) is 18.4 Å². The summed E-state index contributed by atoms with van der Waals surface area (Å²) >= 11 is 0. The van der Waals surface area contributed by atoms with Gasteiger partial charge in [-0.15, -0.1) is 0 Å². The lowest BCUT2D eigenvalue weighted by atomic mass is 10.1. The maximum atomic E-state index is 13.3. The number of nitrogens with one attached hydrogen (secondary N) is 1. The number of benzene rings is 2. The van der Waals surface area contributed by atoms with Crippen LogP contribution in [0, 0.1) is 19.7 Å². The first-order valence-electron chi connectivity index (χ1n) is 13.1. The molecule has 4 heterocycles. The fourth-order valence-electron chi connectivity index (χ4n) is 4.74. The standard InChI is InChI=1S/C18H15FN6O.C12H17N/c1-11-21-17(12-3-5-13(19)6-4-12)18(24(11)2)14-7-8-16-22-15(20-10-26)9-25(16)23-14;1-11-4-6-12(7-5-11)10-13-8-2-3-9-13/h3-10H,1-2H3,(H,20,26);4-7H,2-3,8-10H2,1H3. The Bertz CT molecular complexity index is 1570. The molecule has 5 aromatic rings. The van der Waals surface area contributed by atoms with Crippen LogP contribution in [0.1, 0.15) is 29.8 Å². The van der Waals surface area contributed by atoms with E-state index >= 15 is 0 Å². The highest BCUT2D eigenvalue weighted by Gasteiger charge is 2.18. The van der Waals surface area contributed by atoms with Gasteiger partial charge in [-0.05, 0) is 81.7 Å². The molecule has 8 nitrogen and oxygen atoms in total. The van der Waals surface area contributed by atoms with Gasteiger partial charge in [0.1, 0.15) is 17.3 Å². The highest BCUT2D eigenvalue weighted by atomic mass is 19.1. The molecular formula is C30H32FN7O. The summed E-state index contributed by atoms with van der Waals surface area (Å²) in [5, 5.41) is 7.10. The molecule has 0 aliphatic carbocycles. The van der Waals surface area contributed by atoms with Gasteiger partial charge in [-0.2, -0.15) is 5.10 Å². The molecule has 6 rings (SSSR count). The van der Waals surface area contributed by atoms with E-state index in [9.17, 15) is 9.18 Å². The van der Waals surface area contributed by atoms with Gasteiger partial charge in [0.25, 0.3) is 0 Å². The summed E-state index contributed by atoms with van der Waals surface area (Å²) in [6, 6.07) is 18.8. The highest BCUT2D eigenvalue weighted by Crippen LogP contribution is 2.31. The maximum Gasteiger partial charge on any atom is 0.212 e. The van der Waals surface area contributed by atoms with Crippen molar-refractivity contribution in [3.63, 3.8) is 0 Å². The molecule has 200 valence electrons. The number of imidazole rings is 2. The Hall–Kier alpha value is -4.37. The predicted molar refractivity (Wildman–Crippen MR) is 151 cm³/mol. The van der Waals surface area contributed by atoms with Crippen molar-refractivity contribution in [2.45, 2.75) is 33.2 Å². The molecule has 0 atom stereocenters. The number of nitrogens with zero attached hydrogens (tertiary/aromatic N) is 6. The molecule has 0 spiro atoms. The third-order valence-corrected chi connectivity index (χ3v) is 6.93. The van der Waals surface area contributed by atoms with E-state index in [0.29, 0.717) is 23.6 Å². The minimum atomic E-state index is -0.295. The second-order valence-corrected chi connectivity index (χ2v) is 9.80. The third kappa shape index (κ3) is 6.04. The first kappa shape index (κ1) is 26.2. The molecule has 0 saturated carbocycles. The molecule has 9 heteroatoms. The van der Waals surface area contributed by atoms with Crippen LogP contribution in [-0.4, -0.2) is 48.5 Å². The van der Waals surface area contributed by atoms with E-state index in [-0.39, 0.29) is 5.82 Å². The molecule has 1 fully saturated rings. The number of fused-ring (bicyclic) bond motifs is 1. The van der Waals surface area contributed by atoms with Gasteiger partial charge in [0.2, 0.25) is 6.41 Å². The number of anilines is 1. The molecule has 0 unspecified atom stereocenters. The van der Waals surface area contributed by atoms with Crippen molar-refractivity contribution in [3.05, 3.63) is 89.6 Å². The van der Waals surface area contributed by atoms with E-state index in [1.165, 1.54) is 49.2 Å². The van der Waals surface area contributed by atoms with Crippen molar-refractivity contribution in [2.24, 2.45) is 7.05 Å². The number of hydrogen-bond donors (Lipinski definition) is 1. The number of halogens is 1. The van der Waals surface area contributed by atoms with Crippen LogP contribution in [0.15, 0.2) is 66.9 Å². The molecular weight excluding hydrogens is 493 g/mol. The quantitative estimate of drug-likeness (QED) is 0.300. The monoisotopic (exact) mass is 525 g/mol. The maximum absolute atomic E-state index is 13.3. The average molecular weight is 526 g/mol. The number of likely N-dealkylation sites (tertiary alicyclic amines) is 1. The molecule has 39 heavy (non-hydrogen) atoms. The van der Waals surface area contributed by atoms with E-state index in [0.717, 1.165) is 29.3 Å². The van der Waals surface area contributed by atoms with Crippen molar-refractivity contribution in [2.75, 3.05) is 18.4 Å². The van der Waals surface area contributed by atoms with E-state index in [1.807, 2.05) is 30.7 Å². The van der Waals surface area contributed by atoms with Crippen molar-refractivity contribution >= 4 is 17.9 Å². The van der Waals surface area contributed by atoms with Crippen LogP contribution in [0.25, 0.3) is 28.3 Å². The van der Waals surface area contributed by atoms with Crippen molar-refractivity contribution < 1.29 is 9.18 Å². The van der Waals surface area contributed by atoms with Crippen LogP contribution < -0.4 is 5.32 Å². The fourth-order valence-corrected chi connectivity index (χ4v) is 4.74. The van der Waals surface area contributed by atoms with Gasteiger partial charge in [0.15, 0.2) is 11.5 Å². The van der Waals surface area contributed by atoms with Crippen molar-refractivity contribution in [1.82, 2.24) is 29.0 Å². The van der Waals surface area contributed by atoms with Crippen LogP contribution in [0.5, 0.6) is 0 Å². The lowest BCUT2D eigenvalue weighted by molar-refractivity contribution is -0.105. The number of aryl methyl sites for hydroxylation is 2. The van der Waals surface area contributed by atoms with Crippen LogP contribution in [0.4, 0.5) is 10.2 Å². The number of hydrogen-bond acceptors (Lipinski definition) is 5. The van der Waals surface area contributed by atoms with Crippen molar-refractivity contribution in [1.29, 1.82) is 0 Å². The topological polar surface area (TPSA) is 80.3 Å². The molecule has 0 bridgehead atoms. The SMILES string of the molecule is Cc1ccc(CN2CCCC2)cc1.Cc1nc(-c2ccc(F)cc2)c(-c2ccc3nc(NC=O)cn3n2)n1C. The van der Waals surface area contributed by atoms with Crippen LogP contribution in [0.3, 0.4) is 0 Å². The van der Waals surface area contributed by atoms with E-state index in [2.05, 4.69) is 56.5 Å². The Kier molecular flexibility index (Phi) is 7.79. The minimum absolute atomic E-state index is 0.295. The first-order valence-corrected chi connectivity index (χ1v) is 13.1. The third-order valence-electron chi connectivity index (χ3n) is 6.93. The summed E-state index contributed by atoms with van der Waals surface area (Å²) in [7, 11) is 1.91. The Balaban J connectivity index is 0.000000198. The summed E-state index contributed by atoms with van der Waals surface area (Å²) in [6.07, 6.45) is 4.96. The van der Waals surface area contributed by atoms with Gasteiger partial charge < -0.3 is 9.88 Å². The minimum Gasteiger partial charge on any atom is -0.330 e. The molecule has 0 radical (unpaired) electrons. The van der Waals surface area contributed by atoms with Gasteiger partial charge in [-0.1, -0.05) is 29.8 Å². The summed E-state index contributed by atoms with van der Waals surface area (Å²) in [4.78, 5) is 22.0. The second-order valence-electron chi connectivity index (χ2n) is 9.80. The molecule has 2 aromatic carbocycles. The van der Waals surface area contributed by atoms with E-state index < -0.39 is 0 Å². The fraction of sp³-hybridized carbons (Fsp3) is 0.267. The predicted octanol–water partition coefficient (Wildman–Crippen LogP) is 5.40. The van der Waals surface area contributed by atoms with Crippen LogP contribution in [0.2, 0.25) is 0 Å². The lowest BCUT2D eigenvalue weighted by Crippen LogP contribution is -2.18. The zero-order valence-electron chi connectivity index (χ0n) is 22.4. The normalized spacial score (nSPS) is 13.3. The molecule has 1 amide bonds. The Morgan fingerprint density at radius 3 is 2.36 bits per heavy atom.